The number of fused-ring (bicyclic) bond motifs is 3. The van der Waals surface area contributed by atoms with Crippen molar-refractivity contribution in [3.8, 4) is 0 Å². The number of hydrogen-bond donors (Lipinski definition) is 0. The summed E-state index contributed by atoms with van der Waals surface area (Å²) in [6, 6.07) is 0. The minimum Gasteiger partial charge on any atom is -0.462 e. The van der Waals surface area contributed by atoms with Gasteiger partial charge in [-0.1, -0.05) is 0 Å². The number of carbonyl (C=O) groups excluding carboxylic acids is 1. The number of cyclic esters (lactones) is 1. The fourth-order valence-corrected chi connectivity index (χ4v) is 3.51. The predicted molar refractivity (Wildman–Crippen MR) is 55.6 cm³/mol. The van der Waals surface area contributed by atoms with Gasteiger partial charge in [-0.2, -0.15) is 0 Å². The van der Waals surface area contributed by atoms with Crippen molar-refractivity contribution in [2.24, 2.45) is 11.8 Å². The molecule has 2 saturated heterocycles. The summed E-state index contributed by atoms with van der Waals surface area (Å²) in [7, 11) is 0. The van der Waals surface area contributed by atoms with Crippen LogP contribution < -0.4 is 0 Å². The maximum absolute atomic E-state index is 11.4. The molecule has 4 heteroatoms. The normalized spacial score (nSPS) is 49.7. The fourth-order valence-electron chi connectivity index (χ4n) is 3.51. The van der Waals surface area contributed by atoms with Gasteiger partial charge in [-0.15, -0.1) is 0 Å². The van der Waals surface area contributed by atoms with Gasteiger partial charge in [-0.25, -0.2) is 0 Å². The van der Waals surface area contributed by atoms with E-state index in [1.807, 2.05) is 20.8 Å². The van der Waals surface area contributed by atoms with Gasteiger partial charge in [0, 0.05) is 12.3 Å². The van der Waals surface area contributed by atoms with Crippen molar-refractivity contribution in [3.63, 3.8) is 0 Å². The lowest BCUT2D eigenvalue weighted by Gasteiger charge is -2.34. The zero-order valence-electron chi connectivity index (χ0n) is 9.93. The minimum atomic E-state index is -0.485. The average molecular weight is 226 g/mol. The maximum Gasteiger partial charge on any atom is 0.306 e. The summed E-state index contributed by atoms with van der Waals surface area (Å²) >= 11 is 0. The first-order chi connectivity index (χ1) is 7.46. The molecule has 0 N–H and O–H groups in total. The first-order valence-electron chi connectivity index (χ1n) is 6.01. The van der Waals surface area contributed by atoms with Crippen molar-refractivity contribution in [1.82, 2.24) is 0 Å². The van der Waals surface area contributed by atoms with Crippen molar-refractivity contribution < 1.29 is 19.0 Å². The fraction of sp³-hybridized carbons (Fsp3) is 0.917. The van der Waals surface area contributed by atoms with Gasteiger partial charge in [0.25, 0.3) is 0 Å². The molecule has 0 aromatic carbocycles. The highest BCUT2D eigenvalue weighted by molar-refractivity contribution is 5.71. The van der Waals surface area contributed by atoms with Crippen LogP contribution in [0, 0.1) is 11.8 Å². The third-order valence-electron chi connectivity index (χ3n) is 3.97. The standard InChI is InChI=1S/C12H18O4/c1-6-10-7(5-9(13)14-6)4-8-11(10)16-12(2,3)15-8/h6-8,10-11H,4-5H2,1-3H3/t6-,7+,8-,10-,11-/m0/s1. The molecule has 16 heavy (non-hydrogen) atoms. The van der Waals surface area contributed by atoms with Crippen LogP contribution in [0.25, 0.3) is 0 Å². The van der Waals surface area contributed by atoms with Crippen LogP contribution in [0.3, 0.4) is 0 Å². The third kappa shape index (κ3) is 1.47. The van der Waals surface area contributed by atoms with Crippen LogP contribution in [0.4, 0.5) is 0 Å². The Morgan fingerprint density at radius 2 is 2.06 bits per heavy atom. The second-order valence-corrected chi connectivity index (χ2v) is 5.61. The molecule has 2 aliphatic heterocycles. The van der Waals surface area contributed by atoms with Gasteiger partial charge in [-0.05, 0) is 33.1 Å². The second kappa shape index (κ2) is 3.20. The van der Waals surface area contributed by atoms with Crippen LogP contribution in [0.15, 0.2) is 0 Å². The Bertz CT molecular complexity index is 325. The van der Waals surface area contributed by atoms with E-state index in [1.165, 1.54) is 0 Å². The number of rotatable bonds is 0. The molecular formula is C12H18O4. The lowest BCUT2D eigenvalue weighted by atomic mass is 9.85. The molecule has 0 amide bonds. The van der Waals surface area contributed by atoms with E-state index in [2.05, 4.69) is 0 Å². The first-order valence-corrected chi connectivity index (χ1v) is 6.01. The van der Waals surface area contributed by atoms with E-state index in [9.17, 15) is 4.79 Å². The Morgan fingerprint density at radius 3 is 2.81 bits per heavy atom. The number of carbonyl (C=O) groups is 1. The largest absolute Gasteiger partial charge is 0.462 e. The highest BCUT2D eigenvalue weighted by Gasteiger charge is 2.57. The van der Waals surface area contributed by atoms with Crippen LogP contribution in [0.1, 0.15) is 33.6 Å². The minimum absolute atomic E-state index is 0.0428. The zero-order valence-corrected chi connectivity index (χ0v) is 9.93. The third-order valence-corrected chi connectivity index (χ3v) is 3.97. The molecular weight excluding hydrogens is 208 g/mol. The second-order valence-electron chi connectivity index (χ2n) is 5.61. The Kier molecular flexibility index (Phi) is 2.11. The zero-order chi connectivity index (χ0) is 11.5. The lowest BCUT2D eigenvalue weighted by Crippen LogP contribution is -2.41. The van der Waals surface area contributed by atoms with Gasteiger partial charge in [0.05, 0.1) is 12.2 Å². The summed E-state index contributed by atoms with van der Waals surface area (Å²) < 4.78 is 17.1. The van der Waals surface area contributed by atoms with Crippen molar-refractivity contribution in [2.45, 2.75) is 57.7 Å². The summed E-state index contributed by atoms with van der Waals surface area (Å²) in [5, 5.41) is 0. The summed E-state index contributed by atoms with van der Waals surface area (Å²) in [5.41, 5.74) is 0. The molecule has 2 heterocycles. The van der Waals surface area contributed by atoms with Crippen molar-refractivity contribution in [3.05, 3.63) is 0 Å². The van der Waals surface area contributed by atoms with Crippen LogP contribution in [0.5, 0.6) is 0 Å². The quantitative estimate of drug-likeness (QED) is 0.587. The van der Waals surface area contributed by atoms with Crippen molar-refractivity contribution >= 4 is 5.97 Å². The molecule has 90 valence electrons. The monoisotopic (exact) mass is 226 g/mol. The van der Waals surface area contributed by atoms with Gasteiger partial charge in [0.1, 0.15) is 6.10 Å². The predicted octanol–water partition coefficient (Wildman–Crippen LogP) is 1.48. The Balaban J connectivity index is 1.83. The molecule has 0 bridgehead atoms. The molecule has 3 aliphatic rings. The van der Waals surface area contributed by atoms with Crippen molar-refractivity contribution in [1.29, 1.82) is 0 Å². The van der Waals surface area contributed by atoms with Gasteiger partial charge in [0.15, 0.2) is 5.79 Å². The molecule has 3 rings (SSSR count). The van der Waals surface area contributed by atoms with Gasteiger partial charge >= 0.3 is 5.97 Å². The molecule has 5 atom stereocenters. The topological polar surface area (TPSA) is 44.8 Å². The van der Waals surface area contributed by atoms with E-state index in [0.29, 0.717) is 18.3 Å². The Morgan fingerprint density at radius 1 is 1.31 bits per heavy atom. The summed E-state index contributed by atoms with van der Waals surface area (Å²) in [6.45, 7) is 5.85. The van der Waals surface area contributed by atoms with E-state index in [0.717, 1.165) is 6.42 Å². The molecule has 1 aliphatic carbocycles. The van der Waals surface area contributed by atoms with Crippen molar-refractivity contribution in [2.75, 3.05) is 0 Å². The van der Waals surface area contributed by atoms with E-state index in [-0.39, 0.29) is 24.3 Å². The van der Waals surface area contributed by atoms with Gasteiger partial charge in [-0.3, -0.25) is 4.79 Å². The molecule has 1 saturated carbocycles. The van der Waals surface area contributed by atoms with Crippen LogP contribution in [0.2, 0.25) is 0 Å². The van der Waals surface area contributed by atoms with E-state index < -0.39 is 5.79 Å². The molecule has 0 unspecified atom stereocenters. The van der Waals surface area contributed by atoms with Crippen LogP contribution in [-0.4, -0.2) is 30.1 Å². The van der Waals surface area contributed by atoms with Gasteiger partial charge < -0.3 is 14.2 Å². The van der Waals surface area contributed by atoms with Crippen LogP contribution in [-0.2, 0) is 19.0 Å². The molecule has 0 aromatic rings. The smallest absolute Gasteiger partial charge is 0.306 e. The first kappa shape index (κ1) is 10.5. The highest BCUT2D eigenvalue weighted by atomic mass is 16.8. The van der Waals surface area contributed by atoms with Gasteiger partial charge in [0.2, 0.25) is 0 Å². The summed E-state index contributed by atoms with van der Waals surface area (Å²) in [6.07, 6.45) is 1.65. The van der Waals surface area contributed by atoms with E-state index in [4.69, 9.17) is 14.2 Å². The Labute approximate surface area is 95.2 Å². The highest BCUT2D eigenvalue weighted by Crippen LogP contribution is 2.49. The number of hydrogen-bond acceptors (Lipinski definition) is 4. The maximum atomic E-state index is 11.4. The molecule has 0 radical (unpaired) electrons. The van der Waals surface area contributed by atoms with E-state index >= 15 is 0 Å². The molecule has 0 spiro atoms. The average Bonchev–Trinajstić information content (AvgIpc) is 2.54. The van der Waals surface area contributed by atoms with E-state index in [1.54, 1.807) is 0 Å². The summed E-state index contributed by atoms with van der Waals surface area (Å²) in [5.74, 6) is 0.126. The SMILES string of the molecule is C[C@@H]1OC(=O)C[C@H]2C[C@@H]3OC(C)(C)O[C@@H]3[C@H]21. The molecule has 3 fully saturated rings. The molecule has 4 nitrogen and oxygen atoms in total. The summed E-state index contributed by atoms with van der Waals surface area (Å²) in [4.78, 5) is 11.4. The van der Waals surface area contributed by atoms with Crippen LogP contribution >= 0.6 is 0 Å². The lowest BCUT2D eigenvalue weighted by molar-refractivity contribution is -0.183. The Hall–Kier alpha value is -0.610. The number of esters is 1. The molecule has 0 aromatic heterocycles. The number of ether oxygens (including phenoxy) is 3.